The molecule has 0 spiro atoms. The van der Waals surface area contributed by atoms with Gasteiger partial charge < -0.3 is 15.6 Å². The van der Waals surface area contributed by atoms with Gasteiger partial charge in [-0.3, -0.25) is 0 Å². The molecule has 0 saturated heterocycles. The smallest absolute Gasteiger partial charge is 0.207 e. The molecule has 0 saturated carbocycles. The largest absolute Gasteiger partial charge is 0.544 e. The Hall–Kier alpha value is -1.46. The number of carboxylic acid groups (broad SMARTS) is 1. The van der Waals surface area contributed by atoms with Gasteiger partial charge in [0, 0.05) is 13.0 Å². The Morgan fingerprint density at radius 1 is 0.906 bits per heavy atom. The van der Waals surface area contributed by atoms with E-state index in [0.717, 1.165) is 18.7 Å². The standard InChI is InChI=1S/C27H49N3O2/c1-2-3-4-5-6-7-8-9-10-11-12-13-14-15-16-17-18-19-20-26-29-22-24-30(26,23-21-28)25-27(31)32/h6-7,22,24H,2-5,8-21,23,25,28H2,1H3/b7-6+. The summed E-state index contributed by atoms with van der Waals surface area (Å²) in [4.78, 5) is 15.6. The predicted molar refractivity (Wildman–Crippen MR) is 134 cm³/mol. The van der Waals surface area contributed by atoms with Crippen LogP contribution in [0.5, 0.6) is 0 Å². The van der Waals surface area contributed by atoms with Gasteiger partial charge in [-0.15, -0.1) is 0 Å². The van der Waals surface area contributed by atoms with Crippen molar-refractivity contribution in [2.45, 2.75) is 116 Å². The lowest BCUT2D eigenvalue weighted by atomic mass is 10.0. The number of allylic oxidation sites excluding steroid dienone is 2. The maximum absolute atomic E-state index is 11.2. The third kappa shape index (κ3) is 13.2. The quantitative estimate of drug-likeness (QED) is 0.133. The number of hydrogen-bond donors (Lipinski definition) is 1. The Morgan fingerprint density at radius 2 is 1.44 bits per heavy atom. The first-order valence-corrected chi connectivity index (χ1v) is 13.3. The van der Waals surface area contributed by atoms with E-state index in [9.17, 15) is 9.90 Å². The summed E-state index contributed by atoms with van der Waals surface area (Å²) in [6, 6.07) is 0. The zero-order chi connectivity index (χ0) is 23.3. The second kappa shape index (κ2) is 19.0. The average molecular weight is 448 g/mol. The van der Waals surface area contributed by atoms with E-state index >= 15 is 0 Å². The third-order valence-electron chi connectivity index (χ3n) is 6.44. The van der Waals surface area contributed by atoms with Crippen molar-refractivity contribution in [2.75, 3.05) is 19.6 Å². The van der Waals surface area contributed by atoms with Gasteiger partial charge in [-0.2, -0.15) is 0 Å². The number of nitrogens with two attached hydrogens (primary N) is 1. The number of quaternary nitrogens is 1. The van der Waals surface area contributed by atoms with Gasteiger partial charge in [0.25, 0.3) is 0 Å². The summed E-state index contributed by atoms with van der Waals surface area (Å²) in [5.74, 6) is -0.126. The zero-order valence-corrected chi connectivity index (χ0v) is 20.7. The number of aliphatic imine (C=N–C) groups is 1. The fourth-order valence-corrected chi connectivity index (χ4v) is 4.51. The van der Waals surface area contributed by atoms with Crippen molar-refractivity contribution >= 4 is 11.8 Å². The average Bonchev–Trinajstić information content (AvgIpc) is 3.14. The molecule has 184 valence electrons. The van der Waals surface area contributed by atoms with Crippen molar-refractivity contribution in [3.05, 3.63) is 24.6 Å². The molecule has 1 heterocycles. The number of hydrogen-bond acceptors (Lipinski definition) is 4. The lowest BCUT2D eigenvalue weighted by molar-refractivity contribution is -0.780. The predicted octanol–water partition coefficient (Wildman–Crippen LogP) is 5.60. The number of carbonyl (C=O) groups is 1. The number of carboxylic acids is 1. The molecule has 0 radical (unpaired) electrons. The molecule has 0 bridgehead atoms. The molecule has 0 aromatic carbocycles. The van der Waals surface area contributed by atoms with Crippen LogP contribution in [0.2, 0.25) is 0 Å². The van der Waals surface area contributed by atoms with Crippen LogP contribution in [0.1, 0.15) is 116 Å². The molecule has 0 aliphatic carbocycles. The van der Waals surface area contributed by atoms with E-state index in [1.807, 2.05) is 6.20 Å². The van der Waals surface area contributed by atoms with Crippen LogP contribution in [-0.4, -0.2) is 35.9 Å². The molecule has 5 heteroatoms. The SMILES string of the molecule is CCCCC/C=C/CCCCCCCCCCCCCC1=NC=C[N+]1(CCN)CC(=O)[O-]. The van der Waals surface area contributed by atoms with Crippen molar-refractivity contribution in [3.63, 3.8) is 0 Å². The molecule has 1 rings (SSSR count). The summed E-state index contributed by atoms with van der Waals surface area (Å²) in [5, 5.41) is 11.2. The van der Waals surface area contributed by atoms with Gasteiger partial charge in [-0.05, 0) is 32.1 Å². The lowest BCUT2D eigenvalue weighted by Gasteiger charge is -2.32. The van der Waals surface area contributed by atoms with Gasteiger partial charge in [0.1, 0.15) is 19.3 Å². The minimum atomic E-state index is -1.05. The number of amidine groups is 1. The van der Waals surface area contributed by atoms with E-state index in [1.54, 1.807) is 6.20 Å². The van der Waals surface area contributed by atoms with Crippen molar-refractivity contribution in [1.82, 2.24) is 0 Å². The van der Waals surface area contributed by atoms with Crippen molar-refractivity contribution in [3.8, 4) is 0 Å². The van der Waals surface area contributed by atoms with Crippen LogP contribution >= 0.6 is 0 Å². The Kier molecular flexibility index (Phi) is 17.0. The monoisotopic (exact) mass is 447 g/mol. The molecule has 1 aliphatic heterocycles. The first-order valence-electron chi connectivity index (χ1n) is 13.3. The first kappa shape index (κ1) is 28.6. The van der Waals surface area contributed by atoms with Crippen LogP contribution < -0.4 is 10.8 Å². The Balaban J connectivity index is 1.93. The molecule has 0 fully saturated rings. The molecule has 1 atom stereocenters. The number of carbonyl (C=O) groups excluding carboxylic acids is 1. The fraction of sp³-hybridized carbons (Fsp3) is 0.778. The molecular formula is C27H49N3O2. The van der Waals surface area contributed by atoms with Crippen LogP contribution in [0.25, 0.3) is 0 Å². The molecule has 1 unspecified atom stereocenters. The highest BCUT2D eigenvalue weighted by Crippen LogP contribution is 2.21. The molecule has 5 nitrogen and oxygen atoms in total. The van der Waals surface area contributed by atoms with E-state index in [1.165, 1.54) is 96.3 Å². The highest BCUT2D eigenvalue weighted by atomic mass is 16.4. The molecular weight excluding hydrogens is 398 g/mol. The van der Waals surface area contributed by atoms with Crippen LogP contribution in [0.4, 0.5) is 0 Å². The van der Waals surface area contributed by atoms with E-state index in [2.05, 4.69) is 24.1 Å². The summed E-state index contributed by atoms with van der Waals surface area (Å²) in [6.07, 6.45) is 30.0. The minimum Gasteiger partial charge on any atom is -0.544 e. The van der Waals surface area contributed by atoms with Gasteiger partial charge >= 0.3 is 0 Å². The Bertz CT molecular complexity index is 571. The fourth-order valence-electron chi connectivity index (χ4n) is 4.51. The summed E-state index contributed by atoms with van der Waals surface area (Å²) in [7, 11) is 0. The second-order valence-corrected chi connectivity index (χ2v) is 9.31. The van der Waals surface area contributed by atoms with Crippen molar-refractivity contribution in [2.24, 2.45) is 10.7 Å². The van der Waals surface area contributed by atoms with Crippen LogP contribution in [0, 0.1) is 0 Å². The van der Waals surface area contributed by atoms with Gasteiger partial charge in [0.05, 0.1) is 12.2 Å². The van der Waals surface area contributed by atoms with Crippen LogP contribution in [0.15, 0.2) is 29.5 Å². The second-order valence-electron chi connectivity index (χ2n) is 9.31. The van der Waals surface area contributed by atoms with Crippen molar-refractivity contribution < 1.29 is 14.4 Å². The van der Waals surface area contributed by atoms with Crippen LogP contribution in [-0.2, 0) is 4.79 Å². The Labute approximate surface area is 197 Å². The molecule has 0 amide bonds. The van der Waals surface area contributed by atoms with E-state index in [0.29, 0.717) is 13.1 Å². The lowest BCUT2D eigenvalue weighted by Crippen LogP contribution is -2.55. The molecule has 0 aromatic heterocycles. The summed E-state index contributed by atoms with van der Waals surface area (Å²) < 4.78 is 0.244. The molecule has 1 aliphatic rings. The van der Waals surface area contributed by atoms with E-state index in [4.69, 9.17) is 5.73 Å². The number of unbranched alkanes of at least 4 members (excludes halogenated alkanes) is 14. The highest BCUT2D eigenvalue weighted by molar-refractivity contribution is 5.80. The highest BCUT2D eigenvalue weighted by Gasteiger charge is 2.34. The molecule has 32 heavy (non-hydrogen) atoms. The van der Waals surface area contributed by atoms with E-state index < -0.39 is 5.97 Å². The molecule has 0 aromatic rings. The maximum Gasteiger partial charge on any atom is 0.207 e. The maximum atomic E-state index is 11.2. The van der Waals surface area contributed by atoms with E-state index in [-0.39, 0.29) is 11.0 Å². The zero-order valence-electron chi connectivity index (χ0n) is 20.7. The molecule has 2 N–H and O–H groups in total. The van der Waals surface area contributed by atoms with Crippen molar-refractivity contribution in [1.29, 1.82) is 0 Å². The summed E-state index contributed by atoms with van der Waals surface area (Å²) >= 11 is 0. The number of rotatable bonds is 22. The number of aliphatic carboxylic acids is 1. The first-order chi connectivity index (χ1) is 15.6. The van der Waals surface area contributed by atoms with Gasteiger partial charge in [0.15, 0.2) is 0 Å². The third-order valence-corrected chi connectivity index (χ3v) is 6.44. The van der Waals surface area contributed by atoms with Gasteiger partial charge in [-0.25, -0.2) is 9.48 Å². The number of nitrogens with zero attached hydrogens (tertiary/aromatic N) is 2. The normalized spacial score (nSPS) is 18.0. The van der Waals surface area contributed by atoms with Gasteiger partial charge in [0.2, 0.25) is 5.84 Å². The Morgan fingerprint density at radius 3 is 1.97 bits per heavy atom. The van der Waals surface area contributed by atoms with Gasteiger partial charge in [-0.1, -0.05) is 89.7 Å². The minimum absolute atomic E-state index is 0.0672. The summed E-state index contributed by atoms with van der Waals surface area (Å²) in [5.41, 5.74) is 5.71. The summed E-state index contributed by atoms with van der Waals surface area (Å²) in [6.45, 7) is 3.20. The topological polar surface area (TPSA) is 78.5 Å². The van der Waals surface area contributed by atoms with Crippen LogP contribution in [0.3, 0.4) is 0 Å².